The Morgan fingerprint density at radius 1 is 1.08 bits per heavy atom. The van der Waals surface area contributed by atoms with Gasteiger partial charge in [0, 0.05) is 18.3 Å². The quantitative estimate of drug-likeness (QED) is 0.929. The molecule has 1 aliphatic rings. The van der Waals surface area contributed by atoms with Gasteiger partial charge >= 0.3 is 0 Å². The molecule has 0 saturated carbocycles. The highest BCUT2D eigenvalue weighted by Crippen LogP contribution is 2.32. The zero-order valence-corrected chi connectivity index (χ0v) is 13.1. The van der Waals surface area contributed by atoms with Crippen LogP contribution in [0.5, 0.6) is 0 Å². The van der Waals surface area contributed by atoms with Gasteiger partial charge in [0.1, 0.15) is 17.5 Å². The molecule has 0 spiro atoms. The first-order chi connectivity index (χ1) is 11.5. The van der Waals surface area contributed by atoms with Crippen molar-refractivity contribution in [1.82, 2.24) is 9.88 Å². The van der Waals surface area contributed by atoms with Crippen molar-refractivity contribution >= 4 is 0 Å². The third-order valence-corrected chi connectivity index (χ3v) is 4.52. The van der Waals surface area contributed by atoms with Crippen LogP contribution in [0.25, 0.3) is 0 Å². The van der Waals surface area contributed by atoms with E-state index in [9.17, 15) is 18.3 Å². The summed E-state index contributed by atoms with van der Waals surface area (Å²) in [5.74, 6) is -1.62. The number of hydrogen-bond donors (Lipinski definition) is 1. The largest absolute Gasteiger partial charge is 0.388 e. The van der Waals surface area contributed by atoms with Gasteiger partial charge < -0.3 is 5.11 Å². The van der Waals surface area contributed by atoms with E-state index in [2.05, 4.69) is 9.88 Å². The molecule has 3 nitrogen and oxygen atoms in total. The number of pyridine rings is 1. The lowest BCUT2D eigenvalue weighted by atomic mass is 9.87. The molecule has 1 atom stereocenters. The zero-order valence-electron chi connectivity index (χ0n) is 13.1. The van der Waals surface area contributed by atoms with E-state index in [1.807, 2.05) is 0 Å². The van der Waals surface area contributed by atoms with Crippen molar-refractivity contribution in [2.24, 2.45) is 5.92 Å². The lowest BCUT2D eigenvalue weighted by molar-refractivity contribution is 0.0541. The molecule has 1 unspecified atom stereocenters. The summed E-state index contributed by atoms with van der Waals surface area (Å²) in [6, 6.07) is 4.60. The summed E-state index contributed by atoms with van der Waals surface area (Å²) in [5, 5.41) is 10.4. The third-order valence-electron chi connectivity index (χ3n) is 4.52. The number of rotatable bonds is 4. The first kappa shape index (κ1) is 16.9. The second-order valence-corrected chi connectivity index (χ2v) is 6.24. The van der Waals surface area contributed by atoms with E-state index < -0.39 is 17.7 Å². The lowest BCUT2D eigenvalue weighted by Crippen LogP contribution is -2.35. The zero-order chi connectivity index (χ0) is 17.1. The predicted octanol–water partition coefficient (Wildman–Crippen LogP) is 3.44. The minimum atomic E-state index is -1.02. The maximum Gasteiger partial charge on any atom is 0.141 e. The molecule has 24 heavy (non-hydrogen) atoms. The van der Waals surface area contributed by atoms with Crippen molar-refractivity contribution < 1.29 is 18.3 Å². The minimum Gasteiger partial charge on any atom is -0.388 e. The molecular formula is C18H19F3N2O. The predicted molar refractivity (Wildman–Crippen MR) is 83.5 cm³/mol. The average Bonchev–Trinajstić information content (AvgIpc) is 2.57. The van der Waals surface area contributed by atoms with Gasteiger partial charge in [-0.1, -0.05) is 0 Å². The van der Waals surface area contributed by atoms with Crippen LogP contribution >= 0.6 is 0 Å². The van der Waals surface area contributed by atoms with Crippen LogP contribution in [0.3, 0.4) is 0 Å². The average molecular weight is 336 g/mol. The van der Waals surface area contributed by atoms with Crippen LogP contribution < -0.4 is 0 Å². The Kier molecular flexibility index (Phi) is 5.16. The molecule has 3 rings (SSSR count). The highest BCUT2D eigenvalue weighted by Gasteiger charge is 2.28. The molecule has 1 fully saturated rings. The van der Waals surface area contributed by atoms with E-state index in [0.29, 0.717) is 32.5 Å². The molecular weight excluding hydrogens is 317 g/mol. The van der Waals surface area contributed by atoms with Crippen LogP contribution in [0.2, 0.25) is 0 Å². The SMILES string of the molecule is OC(c1cc(F)ccc1F)C1CCN(Cc2cncc(F)c2)CC1. The topological polar surface area (TPSA) is 36.4 Å². The Morgan fingerprint density at radius 3 is 2.54 bits per heavy atom. The second kappa shape index (κ2) is 7.32. The molecule has 1 aliphatic heterocycles. The van der Waals surface area contributed by atoms with Crippen molar-refractivity contribution in [1.29, 1.82) is 0 Å². The molecule has 1 saturated heterocycles. The summed E-state index contributed by atoms with van der Waals surface area (Å²) in [4.78, 5) is 5.97. The Hall–Kier alpha value is -1.92. The van der Waals surface area contributed by atoms with Gasteiger partial charge in [-0.3, -0.25) is 9.88 Å². The number of halogens is 3. The van der Waals surface area contributed by atoms with E-state index in [4.69, 9.17) is 0 Å². The van der Waals surface area contributed by atoms with Crippen molar-refractivity contribution in [3.63, 3.8) is 0 Å². The summed E-state index contributed by atoms with van der Waals surface area (Å²) in [5.41, 5.74) is 0.813. The molecule has 6 heteroatoms. The number of nitrogens with zero attached hydrogens (tertiary/aromatic N) is 2. The molecule has 2 aromatic rings. The van der Waals surface area contributed by atoms with Crippen LogP contribution in [-0.2, 0) is 6.54 Å². The fourth-order valence-corrected chi connectivity index (χ4v) is 3.22. The van der Waals surface area contributed by atoms with Crippen molar-refractivity contribution in [3.05, 3.63) is 65.2 Å². The summed E-state index contributed by atoms with van der Waals surface area (Å²) in [6.45, 7) is 1.99. The molecule has 0 amide bonds. The van der Waals surface area contributed by atoms with Gasteiger partial charge in [-0.25, -0.2) is 13.2 Å². The third kappa shape index (κ3) is 3.94. The maximum absolute atomic E-state index is 13.8. The minimum absolute atomic E-state index is 0.0165. The van der Waals surface area contributed by atoms with Crippen LogP contribution in [0.1, 0.15) is 30.1 Å². The summed E-state index contributed by atoms with van der Waals surface area (Å²) in [7, 11) is 0. The summed E-state index contributed by atoms with van der Waals surface area (Å²) < 4.78 is 40.3. The van der Waals surface area contributed by atoms with Crippen molar-refractivity contribution in [2.75, 3.05) is 13.1 Å². The molecule has 1 aromatic carbocycles. The van der Waals surface area contributed by atoms with E-state index in [0.717, 1.165) is 23.8 Å². The van der Waals surface area contributed by atoms with Crippen molar-refractivity contribution in [2.45, 2.75) is 25.5 Å². The maximum atomic E-state index is 13.8. The normalized spacial score (nSPS) is 17.8. The Bertz CT molecular complexity index is 702. The monoisotopic (exact) mass is 336 g/mol. The number of hydrogen-bond acceptors (Lipinski definition) is 3. The molecule has 1 N–H and O–H groups in total. The fraction of sp³-hybridized carbons (Fsp3) is 0.389. The molecule has 128 valence electrons. The number of likely N-dealkylation sites (tertiary alicyclic amines) is 1. The highest BCUT2D eigenvalue weighted by molar-refractivity contribution is 5.22. The lowest BCUT2D eigenvalue weighted by Gasteiger charge is -2.34. The number of aliphatic hydroxyl groups excluding tert-OH is 1. The number of aromatic nitrogens is 1. The molecule has 0 aliphatic carbocycles. The fourth-order valence-electron chi connectivity index (χ4n) is 3.22. The second-order valence-electron chi connectivity index (χ2n) is 6.24. The summed E-state index contributed by atoms with van der Waals surface area (Å²) >= 11 is 0. The van der Waals surface area contributed by atoms with E-state index in [-0.39, 0.29) is 17.3 Å². The van der Waals surface area contributed by atoms with Gasteiger partial charge in [-0.15, -0.1) is 0 Å². The van der Waals surface area contributed by atoms with Crippen molar-refractivity contribution in [3.8, 4) is 0 Å². The Labute approximate surface area is 138 Å². The van der Waals surface area contributed by atoms with Gasteiger partial charge in [0.15, 0.2) is 0 Å². The van der Waals surface area contributed by atoms with Gasteiger partial charge in [0.2, 0.25) is 0 Å². The van der Waals surface area contributed by atoms with Gasteiger partial charge in [0.25, 0.3) is 0 Å². The van der Waals surface area contributed by atoms with Crippen LogP contribution in [0.15, 0.2) is 36.7 Å². The first-order valence-corrected chi connectivity index (χ1v) is 7.98. The number of aliphatic hydroxyl groups is 1. The Balaban J connectivity index is 1.59. The van der Waals surface area contributed by atoms with Gasteiger partial charge in [-0.2, -0.15) is 0 Å². The molecule has 0 bridgehead atoms. The number of benzene rings is 1. The first-order valence-electron chi connectivity index (χ1n) is 7.98. The Morgan fingerprint density at radius 2 is 1.83 bits per heavy atom. The smallest absolute Gasteiger partial charge is 0.141 e. The van der Waals surface area contributed by atoms with E-state index in [1.165, 1.54) is 12.3 Å². The summed E-state index contributed by atoms with van der Waals surface area (Å²) in [6.07, 6.45) is 3.12. The standard InChI is InChI=1S/C18H19F3N2O/c19-14-1-2-17(21)16(8-14)18(24)13-3-5-23(6-4-13)11-12-7-15(20)10-22-9-12/h1-2,7-10,13,18,24H,3-6,11H2. The highest BCUT2D eigenvalue weighted by atomic mass is 19.1. The van der Waals surface area contributed by atoms with E-state index >= 15 is 0 Å². The van der Waals surface area contributed by atoms with Crippen LogP contribution in [-0.4, -0.2) is 28.1 Å². The molecule has 2 heterocycles. The van der Waals surface area contributed by atoms with Crippen LogP contribution in [0.4, 0.5) is 13.2 Å². The van der Waals surface area contributed by atoms with Crippen LogP contribution in [0, 0.1) is 23.4 Å². The molecule has 0 radical (unpaired) electrons. The van der Waals surface area contributed by atoms with Gasteiger partial charge in [0.05, 0.1) is 12.3 Å². The molecule has 1 aromatic heterocycles. The number of piperidine rings is 1. The van der Waals surface area contributed by atoms with Gasteiger partial charge in [-0.05, 0) is 61.7 Å². The van der Waals surface area contributed by atoms with E-state index in [1.54, 1.807) is 6.20 Å².